The second-order valence-electron chi connectivity index (χ2n) is 5.46. The fourth-order valence-electron chi connectivity index (χ4n) is 1.60. The molecule has 0 aliphatic carbocycles. The normalized spacial score (nSPS) is 12.8. The van der Waals surface area contributed by atoms with Gasteiger partial charge in [0.15, 0.2) is 0 Å². The van der Waals surface area contributed by atoms with Gasteiger partial charge in [0, 0.05) is 13.2 Å². The molecular formula is C13H24N2O4S. The number of rotatable bonds is 9. The largest absolute Gasteiger partial charge is 0.447 e. The van der Waals surface area contributed by atoms with E-state index < -0.39 is 10.0 Å². The second-order valence-corrected chi connectivity index (χ2v) is 7.16. The van der Waals surface area contributed by atoms with E-state index in [2.05, 4.69) is 10.0 Å². The predicted molar refractivity (Wildman–Crippen MR) is 76.8 cm³/mol. The van der Waals surface area contributed by atoms with E-state index in [1.165, 1.54) is 6.07 Å². The maximum Gasteiger partial charge on any atom is 0.273 e. The third-order valence-electron chi connectivity index (χ3n) is 2.98. The lowest BCUT2D eigenvalue weighted by Crippen LogP contribution is -2.34. The van der Waals surface area contributed by atoms with Crippen LogP contribution in [0, 0.1) is 5.41 Å². The summed E-state index contributed by atoms with van der Waals surface area (Å²) in [6.07, 6.45) is 0.527. The van der Waals surface area contributed by atoms with Crippen LogP contribution in [0.2, 0.25) is 0 Å². The van der Waals surface area contributed by atoms with Crippen molar-refractivity contribution < 1.29 is 17.9 Å². The minimum absolute atomic E-state index is 0.0301. The summed E-state index contributed by atoms with van der Waals surface area (Å²) in [5.41, 5.74) is -0.305. The molecule has 0 atom stereocenters. The lowest BCUT2D eigenvalue weighted by molar-refractivity contribution is 0.213. The van der Waals surface area contributed by atoms with Crippen LogP contribution in [0.4, 0.5) is 0 Å². The summed E-state index contributed by atoms with van der Waals surface area (Å²) in [5, 5.41) is 11.9. The van der Waals surface area contributed by atoms with Gasteiger partial charge in [-0.15, -0.1) is 0 Å². The highest BCUT2D eigenvalue weighted by Crippen LogP contribution is 2.20. The van der Waals surface area contributed by atoms with Gasteiger partial charge in [0.2, 0.25) is 5.09 Å². The Balaban J connectivity index is 2.66. The Morgan fingerprint density at radius 3 is 2.65 bits per heavy atom. The summed E-state index contributed by atoms with van der Waals surface area (Å²) >= 11 is 0. The number of sulfonamides is 1. The molecule has 1 heterocycles. The Morgan fingerprint density at radius 2 is 2.05 bits per heavy atom. The molecule has 0 bridgehead atoms. The van der Waals surface area contributed by atoms with Gasteiger partial charge in [-0.25, -0.2) is 13.1 Å². The molecule has 0 radical (unpaired) electrons. The first kappa shape index (κ1) is 17.2. The van der Waals surface area contributed by atoms with Gasteiger partial charge in [-0.1, -0.05) is 20.8 Å². The van der Waals surface area contributed by atoms with E-state index in [1.54, 1.807) is 6.07 Å². The molecule has 1 aromatic heterocycles. The fraction of sp³-hybridized carbons (Fsp3) is 0.692. The fourth-order valence-corrected chi connectivity index (χ4v) is 2.79. The van der Waals surface area contributed by atoms with Crippen LogP contribution in [0.15, 0.2) is 21.6 Å². The maximum atomic E-state index is 12.1. The third kappa shape index (κ3) is 5.24. The molecule has 0 amide bonds. The minimum atomic E-state index is -3.64. The molecule has 0 aliphatic rings. The summed E-state index contributed by atoms with van der Waals surface area (Å²) in [7, 11) is -3.64. The molecule has 0 saturated carbocycles. The van der Waals surface area contributed by atoms with E-state index in [1.807, 2.05) is 20.8 Å². The molecule has 6 nitrogen and oxygen atoms in total. The first-order valence-corrected chi connectivity index (χ1v) is 8.19. The molecule has 3 N–H and O–H groups in total. The maximum absolute atomic E-state index is 12.1. The highest BCUT2D eigenvalue weighted by molar-refractivity contribution is 7.89. The van der Waals surface area contributed by atoms with Crippen molar-refractivity contribution in [2.75, 3.05) is 19.7 Å². The Hall–Kier alpha value is -0.890. The standard InChI is InChI=1S/C13H24N2O4S/c1-4-14-9-11-5-6-12(19-11)20(17,18)15-10-13(2,3)7-8-16/h5-6,14-16H,4,7-10H2,1-3H3. The molecule has 0 aliphatic heterocycles. The van der Waals surface area contributed by atoms with Gasteiger partial charge in [-0.05, 0) is 30.5 Å². The summed E-state index contributed by atoms with van der Waals surface area (Å²) in [4.78, 5) is 0. The highest BCUT2D eigenvalue weighted by atomic mass is 32.2. The van der Waals surface area contributed by atoms with E-state index >= 15 is 0 Å². The average Bonchev–Trinajstić information content (AvgIpc) is 2.84. The van der Waals surface area contributed by atoms with Crippen molar-refractivity contribution >= 4 is 10.0 Å². The molecular weight excluding hydrogens is 280 g/mol. The van der Waals surface area contributed by atoms with E-state index in [-0.39, 0.29) is 23.7 Å². The zero-order valence-corrected chi connectivity index (χ0v) is 13.1. The van der Waals surface area contributed by atoms with E-state index in [9.17, 15) is 8.42 Å². The lowest BCUT2D eigenvalue weighted by atomic mass is 9.90. The summed E-state index contributed by atoms with van der Waals surface area (Å²) in [6.45, 7) is 7.32. The number of nitrogens with one attached hydrogen (secondary N) is 2. The molecule has 0 saturated heterocycles. The van der Waals surface area contributed by atoms with Crippen molar-refractivity contribution in [1.29, 1.82) is 0 Å². The Morgan fingerprint density at radius 1 is 1.35 bits per heavy atom. The zero-order valence-electron chi connectivity index (χ0n) is 12.3. The van der Waals surface area contributed by atoms with Gasteiger partial charge in [-0.2, -0.15) is 0 Å². The molecule has 116 valence electrons. The monoisotopic (exact) mass is 304 g/mol. The van der Waals surface area contributed by atoms with Crippen molar-refractivity contribution in [2.24, 2.45) is 5.41 Å². The molecule has 1 aromatic rings. The summed E-state index contributed by atoms with van der Waals surface area (Å²) < 4.78 is 32.0. The Kier molecular flexibility index (Phi) is 6.19. The van der Waals surface area contributed by atoms with Crippen LogP contribution >= 0.6 is 0 Å². The van der Waals surface area contributed by atoms with Crippen molar-refractivity contribution in [2.45, 2.75) is 38.8 Å². The molecule has 0 spiro atoms. The smallest absolute Gasteiger partial charge is 0.273 e. The first-order valence-electron chi connectivity index (χ1n) is 6.71. The van der Waals surface area contributed by atoms with Gasteiger partial charge in [0.25, 0.3) is 10.0 Å². The van der Waals surface area contributed by atoms with Crippen LogP contribution in [0.25, 0.3) is 0 Å². The SMILES string of the molecule is CCNCc1ccc(S(=O)(=O)NCC(C)(C)CCO)o1. The highest BCUT2D eigenvalue weighted by Gasteiger charge is 2.24. The van der Waals surface area contributed by atoms with Crippen molar-refractivity contribution in [3.8, 4) is 0 Å². The number of hydrogen-bond acceptors (Lipinski definition) is 5. The molecule has 0 aromatic carbocycles. The second kappa shape index (κ2) is 7.21. The van der Waals surface area contributed by atoms with Crippen molar-refractivity contribution in [1.82, 2.24) is 10.0 Å². The average molecular weight is 304 g/mol. The molecule has 0 fully saturated rings. The third-order valence-corrected chi connectivity index (χ3v) is 4.25. The van der Waals surface area contributed by atoms with Crippen LogP contribution in [0.3, 0.4) is 0 Å². The van der Waals surface area contributed by atoms with Crippen molar-refractivity contribution in [3.05, 3.63) is 17.9 Å². The zero-order chi connectivity index (χ0) is 15.2. The van der Waals surface area contributed by atoms with Gasteiger partial charge in [0.1, 0.15) is 5.76 Å². The Bertz CT molecular complexity index is 508. The number of aliphatic hydroxyl groups is 1. The van der Waals surface area contributed by atoms with Crippen LogP contribution in [0.1, 0.15) is 33.0 Å². The van der Waals surface area contributed by atoms with Crippen LogP contribution < -0.4 is 10.0 Å². The topological polar surface area (TPSA) is 91.6 Å². The number of hydrogen-bond donors (Lipinski definition) is 3. The predicted octanol–water partition coefficient (Wildman–Crippen LogP) is 1.08. The van der Waals surface area contributed by atoms with E-state index in [0.29, 0.717) is 18.7 Å². The van der Waals surface area contributed by atoms with Crippen LogP contribution in [-0.4, -0.2) is 33.2 Å². The van der Waals surface area contributed by atoms with Gasteiger partial charge < -0.3 is 14.8 Å². The quantitative estimate of drug-likeness (QED) is 0.635. The summed E-state index contributed by atoms with van der Waals surface area (Å²) in [6, 6.07) is 3.10. The molecule has 7 heteroatoms. The van der Waals surface area contributed by atoms with E-state index in [0.717, 1.165) is 6.54 Å². The molecule has 1 rings (SSSR count). The van der Waals surface area contributed by atoms with Gasteiger partial charge in [-0.3, -0.25) is 0 Å². The van der Waals surface area contributed by atoms with Gasteiger partial charge in [0.05, 0.1) is 6.54 Å². The molecule has 20 heavy (non-hydrogen) atoms. The van der Waals surface area contributed by atoms with Crippen LogP contribution in [-0.2, 0) is 16.6 Å². The number of furan rings is 1. The van der Waals surface area contributed by atoms with Gasteiger partial charge >= 0.3 is 0 Å². The summed E-state index contributed by atoms with van der Waals surface area (Å²) in [5.74, 6) is 0.585. The van der Waals surface area contributed by atoms with Crippen molar-refractivity contribution in [3.63, 3.8) is 0 Å². The van der Waals surface area contributed by atoms with Crippen LogP contribution in [0.5, 0.6) is 0 Å². The first-order chi connectivity index (χ1) is 9.30. The minimum Gasteiger partial charge on any atom is -0.447 e. The number of aliphatic hydroxyl groups excluding tert-OH is 1. The lowest BCUT2D eigenvalue weighted by Gasteiger charge is -2.23. The Labute approximate surface area is 120 Å². The van der Waals surface area contributed by atoms with E-state index in [4.69, 9.17) is 9.52 Å². The molecule has 0 unspecified atom stereocenters.